The molecule has 0 aliphatic carbocycles. The largest absolute Gasteiger partial charge is 0.367 e. The zero-order valence-electron chi connectivity index (χ0n) is 8.00. The van der Waals surface area contributed by atoms with Crippen LogP contribution in [0, 0.1) is 5.82 Å². The van der Waals surface area contributed by atoms with Crippen LogP contribution in [-0.2, 0) is 10.8 Å². The number of nitrogens with one attached hydrogen (secondary N) is 1. The van der Waals surface area contributed by atoms with E-state index in [1.54, 1.807) is 0 Å². The Kier molecular flexibility index (Phi) is 4.52. The molecule has 0 radical (unpaired) electrons. The van der Waals surface area contributed by atoms with Crippen molar-refractivity contribution in [3.05, 3.63) is 24.1 Å². The maximum Gasteiger partial charge on any atom is 0.165 e. The molecule has 78 valence electrons. The fourth-order valence-electron chi connectivity index (χ4n) is 0.943. The van der Waals surface area contributed by atoms with Gasteiger partial charge in [0, 0.05) is 35.0 Å². The molecule has 0 fully saturated rings. The zero-order chi connectivity index (χ0) is 10.4. The maximum absolute atomic E-state index is 13.0. The number of nitrogens with zero attached hydrogens (tertiary/aromatic N) is 1. The summed E-state index contributed by atoms with van der Waals surface area (Å²) in [6.07, 6.45) is 1.52. The van der Waals surface area contributed by atoms with Crippen LogP contribution in [0.5, 0.6) is 0 Å². The molecule has 0 aliphatic rings. The van der Waals surface area contributed by atoms with E-state index in [4.69, 9.17) is 0 Å². The maximum atomic E-state index is 13.0. The summed E-state index contributed by atoms with van der Waals surface area (Å²) in [5, 5.41) is 2.80. The molecule has 0 bridgehead atoms. The molecule has 5 heteroatoms. The summed E-state index contributed by atoms with van der Waals surface area (Å²) in [7, 11) is -0.820. The second-order valence-electron chi connectivity index (χ2n) is 2.69. The minimum atomic E-state index is -0.820. The highest BCUT2D eigenvalue weighted by Crippen LogP contribution is 2.07. The molecule has 0 aromatic carbocycles. The lowest BCUT2D eigenvalue weighted by molar-refractivity contribution is 0.624. The highest BCUT2D eigenvalue weighted by atomic mass is 32.2. The van der Waals surface area contributed by atoms with Gasteiger partial charge in [0.1, 0.15) is 0 Å². The number of anilines is 1. The molecule has 1 rings (SSSR count). The Morgan fingerprint density at radius 2 is 2.43 bits per heavy atom. The van der Waals surface area contributed by atoms with Crippen molar-refractivity contribution in [2.24, 2.45) is 0 Å². The van der Waals surface area contributed by atoms with Crippen molar-refractivity contribution in [3.63, 3.8) is 0 Å². The van der Waals surface area contributed by atoms with Crippen molar-refractivity contribution in [1.82, 2.24) is 4.98 Å². The van der Waals surface area contributed by atoms with E-state index >= 15 is 0 Å². The van der Waals surface area contributed by atoms with E-state index in [9.17, 15) is 8.60 Å². The van der Waals surface area contributed by atoms with Crippen molar-refractivity contribution in [3.8, 4) is 0 Å². The molecular weight excluding hydrogens is 203 g/mol. The average molecular weight is 216 g/mol. The van der Waals surface area contributed by atoms with Crippen LogP contribution in [0.1, 0.15) is 6.92 Å². The van der Waals surface area contributed by atoms with Crippen molar-refractivity contribution in [2.75, 3.05) is 23.4 Å². The lowest BCUT2D eigenvalue weighted by atomic mass is 10.4. The predicted octanol–water partition coefficient (Wildman–Crippen LogP) is 1.40. The van der Waals surface area contributed by atoms with E-state index in [1.165, 1.54) is 18.3 Å². The molecule has 1 heterocycles. The number of aromatic nitrogens is 1. The van der Waals surface area contributed by atoms with Gasteiger partial charge in [-0.25, -0.2) is 9.37 Å². The zero-order valence-corrected chi connectivity index (χ0v) is 8.81. The van der Waals surface area contributed by atoms with Gasteiger partial charge in [0.2, 0.25) is 0 Å². The van der Waals surface area contributed by atoms with E-state index in [-0.39, 0.29) is 11.6 Å². The third-order valence-corrected chi connectivity index (χ3v) is 3.01. The molecule has 0 saturated carbocycles. The number of rotatable bonds is 5. The van der Waals surface area contributed by atoms with Crippen LogP contribution in [0.3, 0.4) is 0 Å². The summed E-state index contributed by atoms with van der Waals surface area (Å²) >= 11 is 0. The van der Waals surface area contributed by atoms with Gasteiger partial charge in [0.05, 0.1) is 0 Å². The summed E-state index contributed by atoms with van der Waals surface area (Å²) in [5.41, 5.74) is 0. The molecule has 1 aromatic rings. The minimum Gasteiger partial charge on any atom is -0.367 e. The molecule has 0 amide bonds. The van der Waals surface area contributed by atoms with Crippen molar-refractivity contribution >= 4 is 16.6 Å². The lowest BCUT2D eigenvalue weighted by Crippen LogP contribution is -2.13. The standard InChI is InChI=1S/C9H13FN2OS/c1-2-14(13)7-6-12-9-8(10)4-3-5-11-9/h3-5H,2,6-7H2,1H3,(H,11,12). The highest BCUT2D eigenvalue weighted by molar-refractivity contribution is 7.84. The second-order valence-corrected chi connectivity index (χ2v) is 4.56. The van der Waals surface area contributed by atoms with Gasteiger partial charge in [-0.05, 0) is 12.1 Å². The summed E-state index contributed by atoms with van der Waals surface area (Å²) in [4.78, 5) is 3.82. The van der Waals surface area contributed by atoms with Crippen molar-refractivity contribution < 1.29 is 8.60 Å². The molecule has 1 N–H and O–H groups in total. The van der Waals surface area contributed by atoms with E-state index < -0.39 is 10.8 Å². The Hall–Kier alpha value is -0.970. The van der Waals surface area contributed by atoms with Crippen LogP contribution in [0.2, 0.25) is 0 Å². The minimum absolute atomic E-state index is 0.223. The van der Waals surface area contributed by atoms with E-state index in [2.05, 4.69) is 10.3 Å². The Morgan fingerprint density at radius 3 is 3.07 bits per heavy atom. The van der Waals surface area contributed by atoms with Crippen molar-refractivity contribution in [2.45, 2.75) is 6.92 Å². The quantitative estimate of drug-likeness (QED) is 0.809. The fraction of sp³-hybridized carbons (Fsp3) is 0.444. The summed E-state index contributed by atoms with van der Waals surface area (Å²) < 4.78 is 24.0. The summed E-state index contributed by atoms with van der Waals surface area (Å²) in [5.74, 6) is 0.995. The highest BCUT2D eigenvalue weighted by Gasteiger charge is 2.01. The smallest absolute Gasteiger partial charge is 0.165 e. The van der Waals surface area contributed by atoms with Crippen LogP contribution in [-0.4, -0.2) is 27.2 Å². The molecule has 1 atom stereocenters. The molecule has 0 spiro atoms. The summed E-state index contributed by atoms with van der Waals surface area (Å²) in [6, 6.07) is 2.87. The van der Waals surface area contributed by atoms with Gasteiger partial charge in [-0.1, -0.05) is 6.92 Å². The molecule has 0 aliphatic heterocycles. The number of halogens is 1. The van der Waals surface area contributed by atoms with Crippen LogP contribution >= 0.6 is 0 Å². The third kappa shape index (κ3) is 3.41. The average Bonchev–Trinajstić information content (AvgIpc) is 2.20. The lowest BCUT2D eigenvalue weighted by Gasteiger charge is -2.04. The Morgan fingerprint density at radius 1 is 1.64 bits per heavy atom. The summed E-state index contributed by atoms with van der Waals surface area (Å²) in [6.45, 7) is 2.34. The monoisotopic (exact) mass is 216 g/mol. The number of hydrogen-bond donors (Lipinski definition) is 1. The molecule has 0 saturated heterocycles. The first-order valence-electron chi connectivity index (χ1n) is 4.43. The Bertz CT molecular complexity index is 319. The first kappa shape index (κ1) is 11.1. The second kappa shape index (κ2) is 5.70. The van der Waals surface area contributed by atoms with Crippen molar-refractivity contribution in [1.29, 1.82) is 0 Å². The third-order valence-electron chi connectivity index (χ3n) is 1.70. The van der Waals surface area contributed by atoms with Crippen LogP contribution < -0.4 is 5.32 Å². The fourth-order valence-corrected chi connectivity index (χ4v) is 1.56. The Balaban J connectivity index is 2.39. The van der Waals surface area contributed by atoms with E-state index in [0.29, 0.717) is 18.1 Å². The first-order chi connectivity index (χ1) is 6.74. The van der Waals surface area contributed by atoms with Gasteiger partial charge in [-0.3, -0.25) is 4.21 Å². The van der Waals surface area contributed by atoms with Gasteiger partial charge in [-0.15, -0.1) is 0 Å². The van der Waals surface area contributed by atoms with Crippen LogP contribution in [0.25, 0.3) is 0 Å². The van der Waals surface area contributed by atoms with Gasteiger partial charge in [-0.2, -0.15) is 0 Å². The molecule has 3 nitrogen and oxygen atoms in total. The van der Waals surface area contributed by atoms with Gasteiger partial charge < -0.3 is 5.32 Å². The number of pyridine rings is 1. The molecule has 1 unspecified atom stereocenters. The van der Waals surface area contributed by atoms with Gasteiger partial charge in [0.15, 0.2) is 11.6 Å². The van der Waals surface area contributed by atoms with E-state index in [1.807, 2.05) is 6.92 Å². The van der Waals surface area contributed by atoms with Crippen LogP contribution in [0.4, 0.5) is 10.2 Å². The normalized spacial score (nSPS) is 12.4. The predicted molar refractivity (Wildman–Crippen MR) is 56.2 cm³/mol. The SMILES string of the molecule is CCS(=O)CCNc1ncccc1F. The first-order valence-corrected chi connectivity index (χ1v) is 5.92. The molecule has 1 aromatic heterocycles. The van der Waals surface area contributed by atoms with Gasteiger partial charge in [0.25, 0.3) is 0 Å². The topological polar surface area (TPSA) is 42.0 Å². The molecular formula is C9H13FN2OS. The number of hydrogen-bond acceptors (Lipinski definition) is 3. The molecule has 14 heavy (non-hydrogen) atoms. The Labute approximate surface area is 85.2 Å². The van der Waals surface area contributed by atoms with E-state index in [0.717, 1.165) is 0 Å². The van der Waals surface area contributed by atoms with Crippen LogP contribution in [0.15, 0.2) is 18.3 Å². The van der Waals surface area contributed by atoms with Gasteiger partial charge >= 0.3 is 0 Å².